The lowest BCUT2D eigenvalue weighted by atomic mass is 10.1. The van der Waals surface area contributed by atoms with Gasteiger partial charge in [0.05, 0.1) is 12.3 Å². The van der Waals surface area contributed by atoms with Crippen molar-refractivity contribution in [2.75, 3.05) is 0 Å². The van der Waals surface area contributed by atoms with E-state index in [9.17, 15) is 0 Å². The number of rotatable bonds is 2. The third kappa shape index (κ3) is 2.83. The predicted octanol–water partition coefficient (Wildman–Crippen LogP) is 1.41. The van der Waals surface area contributed by atoms with Crippen LogP contribution in [0.4, 0.5) is 0 Å². The van der Waals surface area contributed by atoms with Crippen LogP contribution in [-0.2, 0) is 0 Å². The lowest BCUT2D eigenvalue weighted by Gasteiger charge is -2.37. The van der Waals surface area contributed by atoms with Crippen LogP contribution in [0.1, 0.15) is 23.5 Å². The predicted molar refractivity (Wildman–Crippen MR) is 75.7 cm³/mol. The molecule has 4 nitrogen and oxygen atoms in total. The zero-order chi connectivity index (χ0) is 13.1. The summed E-state index contributed by atoms with van der Waals surface area (Å²) in [5, 5.41) is 10.1. The number of nitrogens with one attached hydrogen (secondary N) is 3. The highest BCUT2D eigenvalue weighted by Crippen LogP contribution is 2.19. The van der Waals surface area contributed by atoms with E-state index in [1.54, 1.807) is 0 Å². The Labute approximate surface area is 113 Å². The van der Waals surface area contributed by atoms with E-state index in [0.29, 0.717) is 0 Å². The van der Waals surface area contributed by atoms with Crippen LogP contribution in [-0.4, -0.2) is 6.29 Å². The molecule has 19 heavy (non-hydrogen) atoms. The Kier molecular flexibility index (Phi) is 3.57. The third-order valence-corrected chi connectivity index (χ3v) is 3.29. The Morgan fingerprint density at radius 1 is 0.632 bits per heavy atom. The second kappa shape index (κ2) is 5.50. The molecule has 1 saturated heterocycles. The zero-order valence-electron chi connectivity index (χ0n) is 10.6. The maximum atomic E-state index is 6.03. The van der Waals surface area contributed by atoms with E-state index in [0.717, 1.165) is 0 Å². The van der Waals surface area contributed by atoms with E-state index in [-0.39, 0.29) is 18.6 Å². The molecule has 98 valence electrons. The van der Waals surface area contributed by atoms with Gasteiger partial charge < -0.3 is 5.73 Å². The molecule has 0 aliphatic carbocycles. The van der Waals surface area contributed by atoms with E-state index in [1.807, 2.05) is 36.4 Å². The maximum absolute atomic E-state index is 6.03. The summed E-state index contributed by atoms with van der Waals surface area (Å²) in [4.78, 5) is 0. The highest BCUT2D eigenvalue weighted by Gasteiger charge is 2.26. The highest BCUT2D eigenvalue weighted by atomic mass is 15.4. The van der Waals surface area contributed by atoms with Gasteiger partial charge in [-0.15, -0.1) is 0 Å². The molecule has 5 N–H and O–H groups in total. The van der Waals surface area contributed by atoms with Crippen LogP contribution in [0.2, 0.25) is 0 Å². The molecular weight excluding hydrogens is 236 g/mol. The molecule has 0 radical (unpaired) electrons. The Morgan fingerprint density at radius 2 is 1.05 bits per heavy atom. The number of benzene rings is 2. The smallest absolute Gasteiger partial charge is 0.112 e. The number of nitrogens with two attached hydrogens (primary N) is 1. The van der Waals surface area contributed by atoms with Crippen molar-refractivity contribution in [1.29, 1.82) is 0 Å². The largest absolute Gasteiger partial charge is 0.303 e. The van der Waals surface area contributed by atoms with Crippen molar-refractivity contribution in [1.82, 2.24) is 16.0 Å². The number of hydrogen-bond acceptors (Lipinski definition) is 4. The Hall–Kier alpha value is -1.72. The molecule has 2 aromatic carbocycles. The van der Waals surface area contributed by atoms with Gasteiger partial charge in [0.15, 0.2) is 0 Å². The fraction of sp³-hybridized carbons (Fsp3) is 0.200. The van der Waals surface area contributed by atoms with Crippen LogP contribution in [0.15, 0.2) is 60.7 Å². The summed E-state index contributed by atoms with van der Waals surface area (Å²) in [6, 6.07) is 20.5. The molecule has 1 heterocycles. The maximum Gasteiger partial charge on any atom is 0.112 e. The molecule has 0 amide bonds. The minimum Gasteiger partial charge on any atom is -0.303 e. The average Bonchev–Trinajstić information content (AvgIpc) is 2.48. The second-order valence-corrected chi connectivity index (χ2v) is 4.67. The van der Waals surface area contributed by atoms with E-state index < -0.39 is 0 Å². The summed E-state index contributed by atoms with van der Waals surface area (Å²) in [5.41, 5.74) is 8.39. The standard InChI is InChI=1S/C15H18N4/c16-15-18-13(11-7-3-1-4-8-11)17-14(19-15)12-9-5-2-6-10-12/h1-10,13-15,17-19H,16H2. The molecular formula is C15H18N4. The quantitative estimate of drug-likeness (QED) is 0.654. The van der Waals surface area contributed by atoms with E-state index in [2.05, 4.69) is 40.2 Å². The minimum absolute atomic E-state index is 0.0441. The van der Waals surface area contributed by atoms with Crippen LogP contribution in [0.5, 0.6) is 0 Å². The van der Waals surface area contributed by atoms with E-state index in [4.69, 9.17) is 5.73 Å². The molecule has 4 heteroatoms. The van der Waals surface area contributed by atoms with Crippen molar-refractivity contribution in [3.05, 3.63) is 71.8 Å². The van der Waals surface area contributed by atoms with Crippen LogP contribution >= 0.6 is 0 Å². The van der Waals surface area contributed by atoms with Gasteiger partial charge in [-0.25, -0.2) is 0 Å². The first-order valence-electron chi connectivity index (χ1n) is 6.46. The summed E-state index contributed by atoms with van der Waals surface area (Å²) in [7, 11) is 0. The second-order valence-electron chi connectivity index (χ2n) is 4.67. The van der Waals surface area contributed by atoms with Crippen LogP contribution < -0.4 is 21.7 Å². The van der Waals surface area contributed by atoms with Crippen LogP contribution in [0.25, 0.3) is 0 Å². The van der Waals surface area contributed by atoms with Crippen molar-refractivity contribution < 1.29 is 0 Å². The summed E-state index contributed by atoms with van der Waals surface area (Å²) in [6.07, 6.45) is -0.151. The lowest BCUT2D eigenvalue weighted by Crippen LogP contribution is -2.62. The Morgan fingerprint density at radius 3 is 1.47 bits per heavy atom. The molecule has 1 aliphatic heterocycles. The van der Waals surface area contributed by atoms with Crippen LogP contribution in [0.3, 0.4) is 0 Å². The normalized spacial score (nSPS) is 27.1. The summed E-state index contributed by atoms with van der Waals surface area (Å²) in [6.45, 7) is 0. The van der Waals surface area contributed by atoms with Crippen molar-refractivity contribution in [3.8, 4) is 0 Å². The van der Waals surface area contributed by atoms with Gasteiger partial charge in [0.1, 0.15) is 6.29 Å². The van der Waals surface area contributed by atoms with Crippen molar-refractivity contribution in [3.63, 3.8) is 0 Å². The van der Waals surface area contributed by atoms with Crippen molar-refractivity contribution in [2.45, 2.75) is 18.6 Å². The highest BCUT2D eigenvalue weighted by molar-refractivity contribution is 5.23. The topological polar surface area (TPSA) is 62.1 Å². The molecule has 3 rings (SSSR count). The first kappa shape index (κ1) is 12.3. The summed E-state index contributed by atoms with van der Waals surface area (Å²) >= 11 is 0. The molecule has 2 unspecified atom stereocenters. The molecule has 1 fully saturated rings. The summed E-state index contributed by atoms with van der Waals surface area (Å²) < 4.78 is 0. The van der Waals surface area contributed by atoms with E-state index in [1.165, 1.54) is 11.1 Å². The van der Waals surface area contributed by atoms with Gasteiger partial charge >= 0.3 is 0 Å². The monoisotopic (exact) mass is 254 g/mol. The van der Waals surface area contributed by atoms with Crippen molar-refractivity contribution >= 4 is 0 Å². The van der Waals surface area contributed by atoms with E-state index >= 15 is 0 Å². The Bertz CT molecular complexity index is 467. The molecule has 2 atom stereocenters. The minimum atomic E-state index is -0.239. The lowest BCUT2D eigenvalue weighted by molar-refractivity contribution is 0.205. The fourth-order valence-corrected chi connectivity index (χ4v) is 2.35. The number of hydrogen-bond donors (Lipinski definition) is 4. The van der Waals surface area contributed by atoms with Gasteiger partial charge in [-0.05, 0) is 11.1 Å². The Balaban J connectivity index is 1.82. The molecule has 2 aromatic rings. The van der Waals surface area contributed by atoms with Gasteiger partial charge in [-0.3, -0.25) is 16.0 Å². The van der Waals surface area contributed by atoms with Crippen LogP contribution in [0, 0.1) is 0 Å². The molecule has 0 bridgehead atoms. The fourth-order valence-electron chi connectivity index (χ4n) is 2.35. The van der Waals surface area contributed by atoms with Gasteiger partial charge in [-0.1, -0.05) is 60.7 Å². The van der Waals surface area contributed by atoms with Crippen molar-refractivity contribution in [2.24, 2.45) is 5.73 Å². The molecule has 0 saturated carbocycles. The molecule has 0 aromatic heterocycles. The first-order valence-corrected chi connectivity index (χ1v) is 6.46. The van der Waals surface area contributed by atoms with Gasteiger partial charge in [-0.2, -0.15) is 0 Å². The molecule has 1 aliphatic rings. The molecule has 0 spiro atoms. The first-order chi connectivity index (χ1) is 9.33. The third-order valence-electron chi connectivity index (χ3n) is 3.29. The zero-order valence-corrected chi connectivity index (χ0v) is 10.6. The SMILES string of the molecule is NC1NC(c2ccccc2)NC(c2ccccc2)N1. The van der Waals surface area contributed by atoms with Gasteiger partial charge in [0, 0.05) is 0 Å². The van der Waals surface area contributed by atoms with Gasteiger partial charge in [0.25, 0.3) is 0 Å². The van der Waals surface area contributed by atoms with Gasteiger partial charge in [0.2, 0.25) is 0 Å². The average molecular weight is 254 g/mol. The summed E-state index contributed by atoms with van der Waals surface area (Å²) in [5.74, 6) is 0.